The van der Waals surface area contributed by atoms with E-state index in [2.05, 4.69) is 31.3 Å². The molecule has 1 N–H and O–H groups in total. The molecule has 3 rings (SSSR count). The van der Waals surface area contributed by atoms with Gasteiger partial charge < -0.3 is 5.32 Å². The summed E-state index contributed by atoms with van der Waals surface area (Å²) in [5.41, 5.74) is 3.10. The Morgan fingerprint density at radius 1 is 1.00 bits per heavy atom. The van der Waals surface area contributed by atoms with Crippen molar-refractivity contribution in [2.75, 3.05) is 0 Å². The number of carbonyl (C=O) groups is 1. The summed E-state index contributed by atoms with van der Waals surface area (Å²) in [5.74, 6) is 0.180. The Kier molecular flexibility index (Phi) is 4.77. The molecule has 0 saturated carbocycles. The number of rotatable bonds is 4. The van der Waals surface area contributed by atoms with Crippen molar-refractivity contribution < 1.29 is 4.79 Å². The van der Waals surface area contributed by atoms with E-state index in [1.54, 1.807) is 6.08 Å². The molecule has 1 aliphatic rings. The number of allylic oxidation sites excluding steroid dienone is 2. The molecule has 0 radical (unpaired) electrons. The molecule has 124 valence electrons. The maximum atomic E-state index is 12.1. The second-order valence-electron chi connectivity index (χ2n) is 7.16. The lowest BCUT2D eigenvalue weighted by atomic mass is 9.78. The lowest BCUT2D eigenvalue weighted by Gasteiger charge is -2.32. The van der Waals surface area contributed by atoms with E-state index >= 15 is 0 Å². The Morgan fingerprint density at radius 2 is 1.67 bits per heavy atom. The molecule has 0 heterocycles. The van der Waals surface area contributed by atoms with E-state index in [0.29, 0.717) is 6.42 Å². The zero-order valence-corrected chi connectivity index (χ0v) is 14.8. The van der Waals surface area contributed by atoms with Crippen LogP contribution in [0.5, 0.6) is 0 Å². The second-order valence-corrected chi connectivity index (χ2v) is 7.57. The maximum absolute atomic E-state index is 12.1. The molecule has 0 fully saturated rings. The third-order valence-corrected chi connectivity index (χ3v) is 4.68. The van der Waals surface area contributed by atoms with Crippen molar-refractivity contribution in [2.45, 2.75) is 32.7 Å². The van der Waals surface area contributed by atoms with Crippen molar-refractivity contribution in [2.24, 2.45) is 5.41 Å². The molecule has 0 bridgehead atoms. The van der Waals surface area contributed by atoms with E-state index in [9.17, 15) is 4.79 Å². The summed E-state index contributed by atoms with van der Waals surface area (Å²) in [6, 6.07) is 18.0. The van der Waals surface area contributed by atoms with Gasteiger partial charge in [0.1, 0.15) is 0 Å². The van der Waals surface area contributed by atoms with Gasteiger partial charge in [0, 0.05) is 23.2 Å². The molecule has 0 amide bonds. The van der Waals surface area contributed by atoms with Crippen LogP contribution in [-0.2, 0) is 4.79 Å². The summed E-state index contributed by atoms with van der Waals surface area (Å²) in [5, 5.41) is 4.29. The number of nitrogens with one attached hydrogen (secondary N) is 1. The highest BCUT2D eigenvalue weighted by Crippen LogP contribution is 2.35. The zero-order valence-electron chi connectivity index (χ0n) is 14.1. The van der Waals surface area contributed by atoms with E-state index < -0.39 is 0 Å². The van der Waals surface area contributed by atoms with Gasteiger partial charge in [0.2, 0.25) is 0 Å². The Labute approximate surface area is 148 Å². The van der Waals surface area contributed by atoms with Crippen LogP contribution in [0.1, 0.15) is 43.9 Å². The van der Waals surface area contributed by atoms with Gasteiger partial charge in [-0.3, -0.25) is 4.79 Å². The molecule has 1 aliphatic carbocycles. The molecule has 1 atom stereocenters. The third kappa shape index (κ3) is 3.88. The maximum Gasteiger partial charge on any atom is 0.157 e. The highest BCUT2D eigenvalue weighted by Gasteiger charge is 2.29. The summed E-state index contributed by atoms with van der Waals surface area (Å²) < 4.78 is 0. The van der Waals surface area contributed by atoms with Crippen LogP contribution >= 0.6 is 11.6 Å². The van der Waals surface area contributed by atoms with Crippen LogP contribution in [0.3, 0.4) is 0 Å². The van der Waals surface area contributed by atoms with E-state index in [1.807, 2.05) is 42.5 Å². The van der Waals surface area contributed by atoms with Gasteiger partial charge in [-0.15, -0.1) is 0 Å². The predicted octanol–water partition coefficient (Wildman–Crippen LogP) is 5.29. The molecule has 0 aromatic heterocycles. The number of carbonyl (C=O) groups excluding carboxylic acids is 1. The molecule has 2 aromatic carbocycles. The number of benzene rings is 2. The smallest absolute Gasteiger partial charge is 0.157 e. The van der Waals surface area contributed by atoms with E-state index in [-0.39, 0.29) is 17.2 Å². The van der Waals surface area contributed by atoms with Gasteiger partial charge in [-0.2, -0.15) is 0 Å². The first-order valence-electron chi connectivity index (χ1n) is 8.24. The Bertz CT molecular complexity index is 764. The fourth-order valence-electron chi connectivity index (χ4n) is 3.32. The average Bonchev–Trinajstić information content (AvgIpc) is 2.52. The summed E-state index contributed by atoms with van der Waals surface area (Å²) in [6.45, 7) is 4.26. The largest absolute Gasteiger partial charge is 0.377 e. The standard InChI is InChI=1S/C21H22ClNO/c1-21(2)13-16(12-17(24)14-21)23-20(15-8-4-3-5-9-15)18-10-6-7-11-19(18)22/h3-12,20,23H,13-14H2,1-2H3. The highest BCUT2D eigenvalue weighted by molar-refractivity contribution is 6.31. The minimum Gasteiger partial charge on any atom is -0.377 e. The van der Waals surface area contributed by atoms with Gasteiger partial charge in [-0.1, -0.05) is 74.0 Å². The molecule has 0 spiro atoms. The van der Waals surface area contributed by atoms with Crippen LogP contribution in [0, 0.1) is 5.41 Å². The topological polar surface area (TPSA) is 29.1 Å². The third-order valence-electron chi connectivity index (χ3n) is 4.34. The highest BCUT2D eigenvalue weighted by atomic mass is 35.5. The van der Waals surface area contributed by atoms with Crippen molar-refractivity contribution in [1.82, 2.24) is 5.32 Å². The number of halogens is 1. The van der Waals surface area contributed by atoms with Crippen LogP contribution in [0.4, 0.5) is 0 Å². The predicted molar refractivity (Wildman–Crippen MR) is 99.0 cm³/mol. The monoisotopic (exact) mass is 339 g/mol. The SMILES string of the molecule is CC1(C)CC(=O)C=C(NC(c2ccccc2)c2ccccc2Cl)C1. The minimum absolute atomic E-state index is 0.0180. The first-order chi connectivity index (χ1) is 11.4. The summed E-state index contributed by atoms with van der Waals surface area (Å²) in [7, 11) is 0. The summed E-state index contributed by atoms with van der Waals surface area (Å²) in [6.07, 6.45) is 3.20. The van der Waals surface area contributed by atoms with Crippen LogP contribution in [0.2, 0.25) is 5.02 Å². The summed E-state index contributed by atoms with van der Waals surface area (Å²) >= 11 is 6.44. The fraction of sp³-hybridized carbons (Fsp3) is 0.286. The number of ketones is 1. The first-order valence-corrected chi connectivity index (χ1v) is 8.62. The van der Waals surface area contributed by atoms with Crippen molar-refractivity contribution in [1.29, 1.82) is 0 Å². The van der Waals surface area contributed by atoms with Crippen molar-refractivity contribution in [3.8, 4) is 0 Å². The Hall–Kier alpha value is -2.06. The van der Waals surface area contributed by atoms with E-state index in [1.165, 1.54) is 0 Å². The minimum atomic E-state index is -0.0761. The number of hydrogen-bond acceptors (Lipinski definition) is 2. The molecule has 2 aromatic rings. The average molecular weight is 340 g/mol. The second kappa shape index (κ2) is 6.82. The first kappa shape index (κ1) is 16.8. The van der Waals surface area contributed by atoms with Crippen LogP contribution in [-0.4, -0.2) is 5.78 Å². The molecule has 1 unspecified atom stereocenters. The van der Waals surface area contributed by atoms with Crippen molar-refractivity contribution in [3.63, 3.8) is 0 Å². The Balaban J connectivity index is 1.98. The lowest BCUT2D eigenvalue weighted by Crippen LogP contribution is -2.30. The molecule has 0 aliphatic heterocycles. The lowest BCUT2D eigenvalue weighted by molar-refractivity contribution is -0.117. The van der Waals surface area contributed by atoms with Gasteiger partial charge in [-0.25, -0.2) is 0 Å². The molecule has 3 heteroatoms. The fourth-order valence-corrected chi connectivity index (χ4v) is 3.56. The van der Waals surface area contributed by atoms with Gasteiger partial charge in [0.15, 0.2) is 5.78 Å². The van der Waals surface area contributed by atoms with Crippen LogP contribution in [0.15, 0.2) is 66.4 Å². The van der Waals surface area contributed by atoms with Gasteiger partial charge in [0.05, 0.1) is 6.04 Å². The molecular formula is C21H22ClNO. The van der Waals surface area contributed by atoms with Gasteiger partial charge in [0.25, 0.3) is 0 Å². The number of hydrogen-bond donors (Lipinski definition) is 1. The van der Waals surface area contributed by atoms with Gasteiger partial charge >= 0.3 is 0 Å². The molecule has 2 nitrogen and oxygen atoms in total. The summed E-state index contributed by atoms with van der Waals surface area (Å²) in [4.78, 5) is 12.1. The molecular weight excluding hydrogens is 318 g/mol. The van der Waals surface area contributed by atoms with Crippen molar-refractivity contribution in [3.05, 3.63) is 82.5 Å². The quantitative estimate of drug-likeness (QED) is 0.819. The van der Waals surface area contributed by atoms with Crippen LogP contribution < -0.4 is 5.32 Å². The van der Waals surface area contributed by atoms with Gasteiger partial charge in [-0.05, 0) is 29.0 Å². The van der Waals surface area contributed by atoms with E-state index in [0.717, 1.165) is 28.3 Å². The Morgan fingerprint density at radius 3 is 2.33 bits per heavy atom. The zero-order chi connectivity index (χ0) is 17.2. The van der Waals surface area contributed by atoms with Crippen molar-refractivity contribution >= 4 is 17.4 Å². The normalized spacial score (nSPS) is 18.0. The molecule has 24 heavy (non-hydrogen) atoms. The van der Waals surface area contributed by atoms with Crippen LogP contribution in [0.25, 0.3) is 0 Å². The van der Waals surface area contributed by atoms with E-state index in [4.69, 9.17) is 11.6 Å². The molecule has 0 saturated heterocycles.